The number of fused-ring (bicyclic) bond motifs is 1. The van der Waals surface area contributed by atoms with Gasteiger partial charge in [0.15, 0.2) is 0 Å². The van der Waals surface area contributed by atoms with Gasteiger partial charge in [-0.05, 0) is 54.9 Å². The molecule has 0 amide bonds. The molecular formula is C18H26FNO. The van der Waals surface area contributed by atoms with E-state index in [9.17, 15) is 9.50 Å². The van der Waals surface area contributed by atoms with Crippen LogP contribution in [-0.4, -0.2) is 11.7 Å². The fraction of sp³-hybridized carbons (Fsp3) is 0.667. The maximum absolute atomic E-state index is 13.4. The van der Waals surface area contributed by atoms with E-state index in [0.29, 0.717) is 18.9 Å². The van der Waals surface area contributed by atoms with Crippen molar-refractivity contribution in [2.45, 2.75) is 57.5 Å². The third-order valence-corrected chi connectivity index (χ3v) is 6.06. The highest BCUT2D eigenvalue weighted by molar-refractivity contribution is 5.40. The van der Waals surface area contributed by atoms with Gasteiger partial charge in [0, 0.05) is 12.0 Å². The van der Waals surface area contributed by atoms with Crippen LogP contribution in [-0.2, 0) is 12.0 Å². The fourth-order valence-corrected chi connectivity index (χ4v) is 4.74. The molecular weight excluding hydrogens is 265 g/mol. The standard InChI is InChI=1S/C18H26FNO/c1-2-13-4-3-8-17(11-13,12-20)18(21)9-7-14-10-15(19)5-6-16(14)18/h5-6,10,13,21H,2-4,7-9,11-12,20H2,1H3. The minimum atomic E-state index is -0.876. The second-order valence-electron chi connectivity index (χ2n) is 7.02. The first-order valence-corrected chi connectivity index (χ1v) is 8.26. The van der Waals surface area contributed by atoms with Gasteiger partial charge in [0.2, 0.25) is 0 Å². The van der Waals surface area contributed by atoms with E-state index in [1.165, 1.54) is 12.5 Å². The highest BCUT2D eigenvalue weighted by Crippen LogP contribution is 2.56. The van der Waals surface area contributed by atoms with Crippen molar-refractivity contribution in [1.29, 1.82) is 0 Å². The third-order valence-electron chi connectivity index (χ3n) is 6.06. The maximum Gasteiger partial charge on any atom is 0.123 e. The number of nitrogens with two attached hydrogens (primary N) is 1. The smallest absolute Gasteiger partial charge is 0.123 e. The predicted molar refractivity (Wildman–Crippen MR) is 82.4 cm³/mol. The molecule has 3 rings (SSSR count). The van der Waals surface area contributed by atoms with Crippen LogP contribution in [0.1, 0.15) is 56.6 Å². The summed E-state index contributed by atoms with van der Waals surface area (Å²) in [5, 5.41) is 11.5. The van der Waals surface area contributed by atoms with Gasteiger partial charge >= 0.3 is 0 Å². The Hall–Kier alpha value is -0.930. The zero-order valence-electron chi connectivity index (χ0n) is 12.9. The Labute approximate surface area is 126 Å². The number of halogens is 1. The minimum Gasteiger partial charge on any atom is -0.385 e. The van der Waals surface area contributed by atoms with Crippen LogP contribution in [0.3, 0.4) is 0 Å². The summed E-state index contributed by atoms with van der Waals surface area (Å²) in [7, 11) is 0. The summed E-state index contributed by atoms with van der Waals surface area (Å²) >= 11 is 0. The van der Waals surface area contributed by atoms with Crippen molar-refractivity contribution in [1.82, 2.24) is 0 Å². The van der Waals surface area contributed by atoms with E-state index in [4.69, 9.17) is 5.73 Å². The molecule has 0 heterocycles. The molecule has 116 valence electrons. The Morgan fingerprint density at radius 1 is 1.38 bits per heavy atom. The van der Waals surface area contributed by atoms with Crippen LogP contribution in [0, 0.1) is 17.2 Å². The molecule has 21 heavy (non-hydrogen) atoms. The molecule has 1 aromatic rings. The van der Waals surface area contributed by atoms with Crippen LogP contribution in [0.2, 0.25) is 0 Å². The van der Waals surface area contributed by atoms with Crippen molar-refractivity contribution in [2.24, 2.45) is 17.1 Å². The lowest BCUT2D eigenvalue weighted by Crippen LogP contribution is -2.51. The molecule has 3 unspecified atom stereocenters. The summed E-state index contributed by atoms with van der Waals surface area (Å²) in [6, 6.07) is 4.84. The molecule has 0 spiro atoms. The molecule has 2 aliphatic carbocycles. The summed E-state index contributed by atoms with van der Waals surface area (Å²) in [6.07, 6.45) is 6.93. The molecule has 0 bridgehead atoms. The number of aryl methyl sites for hydroxylation is 1. The topological polar surface area (TPSA) is 46.2 Å². The lowest BCUT2D eigenvalue weighted by atomic mass is 9.58. The van der Waals surface area contributed by atoms with Gasteiger partial charge in [-0.3, -0.25) is 0 Å². The summed E-state index contributed by atoms with van der Waals surface area (Å²) in [5.41, 5.74) is 6.94. The van der Waals surface area contributed by atoms with Crippen LogP contribution in [0.5, 0.6) is 0 Å². The van der Waals surface area contributed by atoms with Crippen molar-refractivity contribution in [3.05, 3.63) is 35.1 Å². The maximum atomic E-state index is 13.4. The van der Waals surface area contributed by atoms with Gasteiger partial charge in [0.1, 0.15) is 5.82 Å². The van der Waals surface area contributed by atoms with Crippen LogP contribution in [0.25, 0.3) is 0 Å². The van der Waals surface area contributed by atoms with Gasteiger partial charge in [-0.25, -0.2) is 4.39 Å². The van der Waals surface area contributed by atoms with Crippen molar-refractivity contribution < 1.29 is 9.50 Å². The van der Waals surface area contributed by atoms with Crippen LogP contribution in [0.4, 0.5) is 4.39 Å². The average molecular weight is 291 g/mol. The zero-order chi connectivity index (χ0) is 15.1. The molecule has 2 nitrogen and oxygen atoms in total. The van der Waals surface area contributed by atoms with Crippen LogP contribution in [0.15, 0.2) is 18.2 Å². The van der Waals surface area contributed by atoms with E-state index in [0.717, 1.165) is 43.2 Å². The van der Waals surface area contributed by atoms with Crippen LogP contribution >= 0.6 is 0 Å². The van der Waals surface area contributed by atoms with Gasteiger partial charge in [-0.2, -0.15) is 0 Å². The number of hydrogen-bond donors (Lipinski definition) is 2. The Morgan fingerprint density at radius 3 is 2.90 bits per heavy atom. The van der Waals surface area contributed by atoms with E-state index >= 15 is 0 Å². The largest absolute Gasteiger partial charge is 0.385 e. The molecule has 1 saturated carbocycles. The first kappa shape index (κ1) is 15.0. The van der Waals surface area contributed by atoms with Gasteiger partial charge in [0.05, 0.1) is 5.60 Å². The number of benzene rings is 1. The minimum absolute atomic E-state index is 0.213. The molecule has 0 radical (unpaired) electrons. The summed E-state index contributed by atoms with van der Waals surface area (Å²) in [6.45, 7) is 2.73. The van der Waals surface area contributed by atoms with E-state index in [2.05, 4.69) is 6.92 Å². The van der Waals surface area contributed by atoms with E-state index in [-0.39, 0.29) is 11.2 Å². The number of hydrogen-bond acceptors (Lipinski definition) is 2. The van der Waals surface area contributed by atoms with Crippen molar-refractivity contribution in [2.75, 3.05) is 6.54 Å². The molecule has 3 atom stereocenters. The average Bonchev–Trinajstić information content (AvgIpc) is 2.85. The summed E-state index contributed by atoms with van der Waals surface area (Å²) < 4.78 is 13.4. The Balaban J connectivity index is 2.02. The second-order valence-corrected chi connectivity index (χ2v) is 7.02. The lowest BCUT2D eigenvalue weighted by Gasteiger charge is -2.50. The van der Waals surface area contributed by atoms with Gasteiger partial charge in [-0.15, -0.1) is 0 Å². The van der Waals surface area contributed by atoms with Crippen molar-refractivity contribution >= 4 is 0 Å². The molecule has 1 fully saturated rings. The third kappa shape index (κ3) is 2.22. The summed E-state index contributed by atoms with van der Waals surface area (Å²) in [5.74, 6) is 0.436. The molecule has 0 aliphatic heterocycles. The fourth-order valence-electron chi connectivity index (χ4n) is 4.74. The van der Waals surface area contributed by atoms with Crippen LogP contribution < -0.4 is 5.73 Å². The Morgan fingerprint density at radius 2 is 2.19 bits per heavy atom. The molecule has 3 N–H and O–H groups in total. The second kappa shape index (κ2) is 5.36. The van der Waals surface area contributed by atoms with Crippen molar-refractivity contribution in [3.8, 4) is 0 Å². The van der Waals surface area contributed by atoms with Gasteiger partial charge < -0.3 is 10.8 Å². The Kier molecular flexibility index (Phi) is 3.83. The highest BCUT2D eigenvalue weighted by Gasteiger charge is 2.54. The molecule has 2 aliphatic rings. The van der Waals surface area contributed by atoms with Gasteiger partial charge in [0.25, 0.3) is 0 Å². The monoisotopic (exact) mass is 291 g/mol. The normalized spacial score (nSPS) is 35.7. The van der Waals surface area contributed by atoms with E-state index in [1.54, 1.807) is 12.1 Å². The molecule has 0 aromatic heterocycles. The summed E-state index contributed by atoms with van der Waals surface area (Å²) in [4.78, 5) is 0. The first-order valence-electron chi connectivity index (χ1n) is 8.26. The number of aliphatic hydroxyl groups is 1. The molecule has 1 aromatic carbocycles. The highest BCUT2D eigenvalue weighted by atomic mass is 19.1. The zero-order valence-corrected chi connectivity index (χ0v) is 12.9. The lowest BCUT2D eigenvalue weighted by molar-refractivity contribution is -0.114. The number of rotatable bonds is 3. The van der Waals surface area contributed by atoms with E-state index in [1.807, 2.05) is 0 Å². The molecule has 0 saturated heterocycles. The first-order chi connectivity index (χ1) is 10.0. The van der Waals surface area contributed by atoms with Gasteiger partial charge in [-0.1, -0.05) is 32.3 Å². The quantitative estimate of drug-likeness (QED) is 0.895. The Bertz CT molecular complexity index is 532. The SMILES string of the molecule is CCC1CCCC(CN)(C2(O)CCc3cc(F)ccc32)C1. The molecule has 3 heteroatoms. The predicted octanol–water partition coefficient (Wildman–Crippen LogP) is 3.50. The van der Waals surface area contributed by atoms with Crippen molar-refractivity contribution in [3.63, 3.8) is 0 Å². The van der Waals surface area contributed by atoms with E-state index < -0.39 is 5.60 Å².